The van der Waals surface area contributed by atoms with Gasteiger partial charge in [-0.05, 0) is 36.6 Å². The van der Waals surface area contributed by atoms with E-state index in [-0.39, 0.29) is 24.1 Å². The molecule has 0 aliphatic carbocycles. The van der Waals surface area contributed by atoms with Crippen molar-refractivity contribution in [3.63, 3.8) is 0 Å². The number of carbonyl (C=O) groups is 1. The second-order valence-corrected chi connectivity index (χ2v) is 9.50. The first-order valence-corrected chi connectivity index (χ1v) is 12.8. The number of benzene rings is 2. The summed E-state index contributed by atoms with van der Waals surface area (Å²) in [6, 6.07) is 11.6. The van der Waals surface area contributed by atoms with Crippen LogP contribution in [0.5, 0.6) is 11.5 Å². The Morgan fingerprint density at radius 3 is 2.47 bits per heavy atom. The number of anilines is 1. The molecule has 3 N–H and O–H groups in total. The lowest BCUT2D eigenvalue weighted by Gasteiger charge is -2.18. The van der Waals surface area contributed by atoms with Crippen LogP contribution in [-0.4, -0.2) is 38.1 Å². The van der Waals surface area contributed by atoms with E-state index in [1.54, 1.807) is 43.5 Å². The zero-order valence-corrected chi connectivity index (χ0v) is 20.7. The van der Waals surface area contributed by atoms with E-state index in [2.05, 4.69) is 10.3 Å². The summed E-state index contributed by atoms with van der Waals surface area (Å²) in [5.41, 5.74) is 2.74. The molecule has 9 nitrogen and oxygen atoms in total. The number of para-hydroxylation sites is 1. The van der Waals surface area contributed by atoms with Crippen molar-refractivity contribution in [2.24, 2.45) is 0 Å². The lowest BCUT2D eigenvalue weighted by Crippen LogP contribution is -2.31. The van der Waals surface area contributed by atoms with Gasteiger partial charge in [-0.3, -0.25) is 14.1 Å². The fourth-order valence-corrected chi connectivity index (χ4v) is 4.84. The monoisotopic (exact) mass is 505 g/mol. The number of aromatic nitrogens is 1. The predicted molar refractivity (Wildman–Crippen MR) is 131 cm³/mol. The highest BCUT2D eigenvalue weighted by atomic mass is 32.2. The fourth-order valence-electron chi connectivity index (χ4n) is 3.45. The molecule has 0 bridgehead atoms. The zero-order valence-electron chi connectivity index (χ0n) is 19.1. The number of ether oxygens (including phenoxy) is 2. The molecular weight excluding hydrogens is 478 g/mol. The largest absolute Gasteiger partial charge is 0.493 e. The lowest BCUT2D eigenvalue weighted by molar-refractivity contribution is -0.121. The summed E-state index contributed by atoms with van der Waals surface area (Å²) in [6.45, 7) is 2.02. The maximum atomic E-state index is 13.0. The lowest BCUT2D eigenvalue weighted by atomic mass is 10.0. The van der Waals surface area contributed by atoms with Crippen LogP contribution in [-0.2, 0) is 34.4 Å². The summed E-state index contributed by atoms with van der Waals surface area (Å²) in [4.78, 5) is 17.7. The number of carbonyl (C=O) groups excluding carboxylic acids is 1. The third-order valence-electron chi connectivity index (χ3n) is 5.04. The molecule has 1 amide bonds. The van der Waals surface area contributed by atoms with Crippen molar-refractivity contribution < 1.29 is 27.2 Å². The molecule has 0 saturated carbocycles. The fraction of sp³-hybridized carbons (Fsp3) is 0.304. The molecule has 0 spiro atoms. The van der Waals surface area contributed by atoms with Crippen LogP contribution >= 0.6 is 11.3 Å². The normalized spacial score (nSPS) is 12.1. The molecule has 3 rings (SSSR count). The van der Waals surface area contributed by atoms with E-state index in [0.717, 1.165) is 22.7 Å². The van der Waals surface area contributed by atoms with E-state index in [4.69, 9.17) is 14.0 Å². The van der Waals surface area contributed by atoms with Gasteiger partial charge in [-0.15, -0.1) is 11.3 Å². The molecule has 0 fully saturated rings. The van der Waals surface area contributed by atoms with Crippen LogP contribution in [0.4, 0.5) is 5.69 Å². The molecule has 1 aromatic heterocycles. The van der Waals surface area contributed by atoms with Crippen molar-refractivity contribution >= 4 is 33.2 Å². The molecular formula is C23H27N3O6S2. The van der Waals surface area contributed by atoms with Crippen molar-refractivity contribution in [1.29, 1.82) is 0 Å². The van der Waals surface area contributed by atoms with Crippen molar-refractivity contribution in [2.45, 2.75) is 32.2 Å². The minimum Gasteiger partial charge on any atom is -0.493 e. The van der Waals surface area contributed by atoms with Crippen molar-refractivity contribution in [2.75, 3.05) is 18.9 Å². The predicted octanol–water partition coefficient (Wildman–Crippen LogP) is 3.58. The summed E-state index contributed by atoms with van der Waals surface area (Å²) in [6.07, 6.45) is 1.33. The van der Waals surface area contributed by atoms with Crippen LogP contribution in [0.1, 0.15) is 34.8 Å². The zero-order chi connectivity index (χ0) is 24.7. The Hall–Kier alpha value is -3.15. The van der Waals surface area contributed by atoms with Gasteiger partial charge in [-0.25, -0.2) is 4.98 Å². The van der Waals surface area contributed by atoms with E-state index in [1.165, 1.54) is 18.4 Å². The van der Waals surface area contributed by atoms with Crippen molar-refractivity contribution in [3.8, 4) is 11.5 Å². The Morgan fingerprint density at radius 2 is 1.88 bits per heavy atom. The quantitative estimate of drug-likeness (QED) is 0.340. The van der Waals surface area contributed by atoms with Crippen molar-refractivity contribution in [1.82, 2.24) is 10.3 Å². The first kappa shape index (κ1) is 25.5. The van der Waals surface area contributed by atoms with Gasteiger partial charge < -0.3 is 14.8 Å². The minimum atomic E-state index is -4.35. The van der Waals surface area contributed by atoms with Crippen LogP contribution in [0.3, 0.4) is 0 Å². The van der Waals surface area contributed by atoms with E-state index < -0.39 is 10.3 Å². The molecule has 1 atom stereocenters. The Balaban J connectivity index is 1.79. The molecule has 0 radical (unpaired) electrons. The van der Waals surface area contributed by atoms with Gasteiger partial charge in [-0.1, -0.05) is 31.2 Å². The number of nitrogens with zero attached hydrogens (tertiary/aromatic N) is 1. The van der Waals surface area contributed by atoms with Gasteiger partial charge >= 0.3 is 10.3 Å². The molecule has 11 heteroatoms. The molecule has 2 aromatic carbocycles. The number of hydrogen-bond acceptors (Lipinski definition) is 7. The van der Waals surface area contributed by atoms with Gasteiger partial charge in [0.25, 0.3) is 0 Å². The maximum absolute atomic E-state index is 13.0. The number of rotatable bonds is 11. The number of aryl methyl sites for hydroxylation is 1. The van der Waals surface area contributed by atoms with Crippen LogP contribution in [0, 0.1) is 0 Å². The van der Waals surface area contributed by atoms with Crippen LogP contribution in [0.25, 0.3) is 0 Å². The molecule has 182 valence electrons. The summed E-state index contributed by atoms with van der Waals surface area (Å²) >= 11 is 1.48. The van der Waals surface area contributed by atoms with Gasteiger partial charge in [0.1, 0.15) is 5.01 Å². The van der Waals surface area contributed by atoms with E-state index in [1.807, 2.05) is 23.1 Å². The standard InChI is InChI=1S/C23H27N3O6S2/c1-4-17-14-33-23(24-17)19(12-15-8-10-18(11-9-15)26-34(28,29)30)25-21(27)13-16-6-5-7-20(31-2)22(16)32-3/h5-11,14,19,26H,4,12-13H2,1-3H3,(H,25,27)(H,28,29,30). The van der Waals surface area contributed by atoms with Crippen LogP contribution in [0.15, 0.2) is 47.8 Å². The molecule has 0 aliphatic heterocycles. The second-order valence-electron chi connectivity index (χ2n) is 7.46. The Labute approximate surface area is 203 Å². The highest BCUT2D eigenvalue weighted by Crippen LogP contribution is 2.31. The number of amides is 1. The van der Waals surface area contributed by atoms with E-state index in [0.29, 0.717) is 23.5 Å². The smallest absolute Gasteiger partial charge is 0.357 e. The number of thiazole rings is 1. The first-order chi connectivity index (χ1) is 16.2. The Kier molecular flexibility index (Phi) is 8.48. The average Bonchev–Trinajstić information content (AvgIpc) is 3.28. The molecule has 1 heterocycles. The van der Waals surface area contributed by atoms with Gasteiger partial charge in [0.05, 0.1) is 38.1 Å². The third kappa shape index (κ3) is 6.92. The van der Waals surface area contributed by atoms with Gasteiger partial charge in [0.2, 0.25) is 5.91 Å². The number of hydrogen-bond donors (Lipinski definition) is 3. The Morgan fingerprint density at radius 1 is 1.15 bits per heavy atom. The van der Waals surface area contributed by atoms with E-state index in [9.17, 15) is 13.2 Å². The summed E-state index contributed by atoms with van der Waals surface area (Å²) < 4.78 is 43.7. The van der Waals surface area contributed by atoms with Crippen LogP contribution in [0.2, 0.25) is 0 Å². The summed E-state index contributed by atoms with van der Waals surface area (Å²) in [5, 5.41) is 5.82. The molecule has 0 saturated heterocycles. The van der Waals surface area contributed by atoms with E-state index >= 15 is 0 Å². The third-order valence-corrected chi connectivity index (χ3v) is 6.54. The maximum Gasteiger partial charge on any atom is 0.357 e. The number of methoxy groups -OCH3 is 2. The second kappa shape index (κ2) is 11.3. The first-order valence-electron chi connectivity index (χ1n) is 10.5. The highest BCUT2D eigenvalue weighted by molar-refractivity contribution is 7.87. The average molecular weight is 506 g/mol. The SMILES string of the molecule is CCc1csc(C(Cc2ccc(NS(=O)(=O)O)cc2)NC(=O)Cc2cccc(OC)c2OC)n1. The van der Waals surface area contributed by atoms with Gasteiger partial charge in [-0.2, -0.15) is 8.42 Å². The van der Waals surface area contributed by atoms with Crippen molar-refractivity contribution in [3.05, 3.63) is 69.7 Å². The molecule has 3 aromatic rings. The molecule has 1 unspecified atom stereocenters. The van der Waals surface area contributed by atoms with Gasteiger partial charge in [0.15, 0.2) is 11.5 Å². The minimum absolute atomic E-state index is 0.0973. The molecule has 0 aliphatic rings. The van der Waals surface area contributed by atoms with Crippen LogP contribution < -0.4 is 19.5 Å². The van der Waals surface area contributed by atoms with Gasteiger partial charge in [0, 0.05) is 10.9 Å². The highest BCUT2D eigenvalue weighted by Gasteiger charge is 2.21. The number of nitrogens with one attached hydrogen (secondary N) is 2. The summed E-state index contributed by atoms with van der Waals surface area (Å²) in [7, 11) is -1.27. The Bertz CT molecular complexity index is 1230. The molecule has 34 heavy (non-hydrogen) atoms. The summed E-state index contributed by atoms with van der Waals surface area (Å²) in [5.74, 6) is 0.867. The topological polar surface area (TPSA) is 127 Å².